The Hall–Kier alpha value is -1.68. The summed E-state index contributed by atoms with van der Waals surface area (Å²) in [6.45, 7) is 8.04. The van der Waals surface area contributed by atoms with E-state index in [-0.39, 0.29) is 0 Å². The molecular weight excluding hydrogens is 298 g/mol. The first-order valence-corrected chi connectivity index (χ1v) is 9.21. The van der Waals surface area contributed by atoms with Crippen LogP contribution in [0.1, 0.15) is 43.9 Å². The average molecular weight is 327 g/mol. The molecule has 0 amide bonds. The molecule has 2 heterocycles. The van der Waals surface area contributed by atoms with E-state index in [4.69, 9.17) is 4.74 Å². The quantitative estimate of drug-likeness (QED) is 0.804. The van der Waals surface area contributed by atoms with Crippen molar-refractivity contribution < 1.29 is 4.74 Å². The van der Waals surface area contributed by atoms with Gasteiger partial charge in [0.15, 0.2) is 0 Å². The van der Waals surface area contributed by atoms with Crippen molar-refractivity contribution in [1.29, 1.82) is 0 Å². The highest BCUT2D eigenvalue weighted by Gasteiger charge is 2.17. The number of nitrogens with zero attached hydrogens (tertiary/aromatic N) is 3. The Bertz CT molecular complexity index is 678. The van der Waals surface area contributed by atoms with Gasteiger partial charge in [-0.05, 0) is 75.9 Å². The summed E-state index contributed by atoms with van der Waals surface area (Å²) < 4.78 is 5.61. The topological polar surface area (TPSA) is 38.2 Å². The molecule has 3 rings (SSSR count). The lowest BCUT2D eigenvalue weighted by Gasteiger charge is -2.31. The van der Waals surface area contributed by atoms with Crippen LogP contribution in [0.2, 0.25) is 0 Å². The first-order chi connectivity index (χ1) is 11.7. The molecular formula is C20H29N3O. The van der Waals surface area contributed by atoms with Crippen LogP contribution in [0, 0.1) is 12.8 Å². The molecule has 2 aromatic rings. The smallest absolute Gasteiger partial charge is 0.122 e. The van der Waals surface area contributed by atoms with Crippen molar-refractivity contribution in [3.05, 3.63) is 29.7 Å². The molecule has 0 saturated carbocycles. The standard InChI is InChI=1S/C20H29N3O/c1-4-16-7-10-23(11-8-16)9-5-6-17-12-19-18(13-20(17)24-3)15(2)21-14-22-19/h12-14,16H,4-11H2,1-3H3. The monoisotopic (exact) mass is 327 g/mol. The molecule has 4 nitrogen and oxygen atoms in total. The van der Waals surface area contributed by atoms with Crippen LogP contribution in [0.4, 0.5) is 0 Å². The fourth-order valence-corrected chi connectivity index (χ4v) is 3.75. The second-order valence-electron chi connectivity index (χ2n) is 6.94. The second-order valence-corrected chi connectivity index (χ2v) is 6.94. The van der Waals surface area contributed by atoms with Crippen LogP contribution in [-0.2, 0) is 6.42 Å². The summed E-state index contributed by atoms with van der Waals surface area (Å²) in [5, 5.41) is 1.08. The van der Waals surface area contributed by atoms with Crippen molar-refractivity contribution in [3.8, 4) is 5.75 Å². The predicted molar refractivity (Wildman–Crippen MR) is 98.6 cm³/mol. The Morgan fingerprint density at radius 1 is 1.21 bits per heavy atom. The zero-order valence-corrected chi connectivity index (χ0v) is 15.2. The number of ether oxygens (including phenoxy) is 1. The lowest BCUT2D eigenvalue weighted by molar-refractivity contribution is 0.180. The number of likely N-dealkylation sites (tertiary alicyclic amines) is 1. The Morgan fingerprint density at radius 2 is 2.00 bits per heavy atom. The molecule has 0 aliphatic carbocycles. The van der Waals surface area contributed by atoms with Crippen molar-refractivity contribution in [2.24, 2.45) is 5.92 Å². The number of rotatable bonds is 6. The highest BCUT2D eigenvalue weighted by molar-refractivity contribution is 5.83. The van der Waals surface area contributed by atoms with E-state index in [1.54, 1.807) is 13.4 Å². The first kappa shape index (κ1) is 17.2. The summed E-state index contributed by atoms with van der Waals surface area (Å²) in [4.78, 5) is 11.3. The molecule has 0 radical (unpaired) electrons. The molecule has 1 aliphatic rings. The molecule has 0 N–H and O–H groups in total. The number of aromatic nitrogens is 2. The number of fused-ring (bicyclic) bond motifs is 1. The minimum atomic E-state index is 0.949. The van der Waals surface area contributed by atoms with Crippen LogP contribution in [0.25, 0.3) is 10.9 Å². The zero-order chi connectivity index (χ0) is 16.9. The SMILES string of the molecule is CCC1CCN(CCCc2cc3ncnc(C)c3cc2OC)CC1. The zero-order valence-electron chi connectivity index (χ0n) is 15.2. The van der Waals surface area contributed by atoms with Gasteiger partial charge in [0.2, 0.25) is 0 Å². The molecule has 0 bridgehead atoms. The van der Waals surface area contributed by atoms with Gasteiger partial charge in [-0.2, -0.15) is 0 Å². The van der Waals surface area contributed by atoms with Gasteiger partial charge in [0.05, 0.1) is 12.6 Å². The Kier molecular flexibility index (Phi) is 5.67. The third kappa shape index (κ3) is 3.86. The molecule has 1 aliphatic heterocycles. The number of aryl methyl sites for hydroxylation is 2. The Balaban J connectivity index is 1.62. The molecule has 1 saturated heterocycles. The fourth-order valence-electron chi connectivity index (χ4n) is 3.75. The van der Waals surface area contributed by atoms with E-state index < -0.39 is 0 Å². The Morgan fingerprint density at radius 3 is 2.71 bits per heavy atom. The van der Waals surface area contributed by atoms with E-state index >= 15 is 0 Å². The van der Waals surface area contributed by atoms with Gasteiger partial charge in [-0.1, -0.05) is 13.3 Å². The van der Waals surface area contributed by atoms with Gasteiger partial charge >= 0.3 is 0 Å². The van der Waals surface area contributed by atoms with E-state index in [9.17, 15) is 0 Å². The summed E-state index contributed by atoms with van der Waals surface area (Å²) in [6.07, 6.45) is 7.92. The van der Waals surface area contributed by atoms with E-state index in [1.807, 2.05) is 6.92 Å². The summed E-state index contributed by atoms with van der Waals surface area (Å²) >= 11 is 0. The van der Waals surface area contributed by atoms with Crippen molar-refractivity contribution >= 4 is 10.9 Å². The maximum Gasteiger partial charge on any atom is 0.122 e. The predicted octanol–water partition coefficient (Wildman–Crippen LogP) is 4.00. The molecule has 0 spiro atoms. The second kappa shape index (κ2) is 7.93. The lowest BCUT2D eigenvalue weighted by Crippen LogP contribution is -2.34. The van der Waals surface area contributed by atoms with E-state index in [1.165, 1.54) is 50.9 Å². The van der Waals surface area contributed by atoms with Gasteiger partial charge in [0, 0.05) is 11.1 Å². The summed E-state index contributed by atoms with van der Waals surface area (Å²) in [5.74, 6) is 1.91. The molecule has 0 atom stereocenters. The molecule has 1 fully saturated rings. The van der Waals surface area contributed by atoms with Crippen LogP contribution in [0.5, 0.6) is 5.75 Å². The summed E-state index contributed by atoms with van der Waals surface area (Å²) in [7, 11) is 1.75. The molecule has 1 aromatic heterocycles. The summed E-state index contributed by atoms with van der Waals surface area (Å²) in [5.41, 5.74) is 3.28. The van der Waals surface area contributed by atoms with Crippen LogP contribution in [0.3, 0.4) is 0 Å². The normalized spacial score (nSPS) is 16.6. The maximum atomic E-state index is 5.61. The van der Waals surface area contributed by atoms with E-state index in [2.05, 4.69) is 33.9 Å². The Labute approximate surface area is 145 Å². The first-order valence-electron chi connectivity index (χ1n) is 9.21. The van der Waals surface area contributed by atoms with Gasteiger partial charge < -0.3 is 9.64 Å². The van der Waals surface area contributed by atoms with Gasteiger partial charge in [-0.25, -0.2) is 9.97 Å². The van der Waals surface area contributed by atoms with Gasteiger partial charge in [-0.3, -0.25) is 0 Å². The van der Waals surface area contributed by atoms with Gasteiger partial charge in [0.1, 0.15) is 12.1 Å². The highest BCUT2D eigenvalue weighted by Crippen LogP contribution is 2.27. The van der Waals surface area contributed by atoms with Crippen LogP contribution >= 0.6 is 0 Å². The fraction of sp³-hybridized carbons (Fsp3) is 0.600. The van der Waals surface area contributed by atoms with E-state index in [0.717, 1.165) is 34.7 Å². The van der Waals surface area contributed by atoms with Gasteiger partial charge in [-0.15, -0.1) is 0 Å². The molecule has 4 heteroatoms. The third-order valence-corrected chi connectivity index (χ3v) is 5.44. The maximum absolute atomic E-state index is 5.61. The van der Waals surface area contributed by atoms with E-state index in [0.29, 0.717) is 0 Å². The largest absolute Gasteiger partial charge is 0.496 e. The highest BCUT2D eigenvalue weighted by atomic mass is 16.5. The minimum Gasteiger partial charge on any atom is -0.496 e. The van der Waals surface area contributed by atoms with Crippen LogP contribution in [-0.4, -0.2) is 41.6 Å². The van der Waals surface area contributed by atoms with Gasteiger partial charge in [0.25, 0.3) is 0 Å². The number of hydrogen-bond donors (Lipinski definition) is 0. The number of methoxy groups -OCH3 is 1. The van der Waals surface area contributed by atoms with Crippen LogP contribution < -0.4 is 4.74 Å². The number of benzene rings is 1. The average Bonchev–Trinajstić information content (AvgIpc) is 2.62. The molecule has 0 unspecified atom stereocenters. The third-order valence-electron chi connectivity index (χ3n) is 5.44. The lowest BCUT2D eigenvalue weighted by atomic mass is 9.94. The summed E-state index contributed by atoms with van der Waals surface area (Å²) in [6, 6.07) is 4.26. The van der Waals surface area contributed by atoms with Crippen LogP contribution in [0.15, 0.2) is 18.5 Å². The number of hydrogen-bond acceptors (Lipinski definition) is 4. The number of piperidine rings is 1. The van der Waals surface area contributed by atoms with Crippen molar-refractivity contribution in [1.82, 2.24) is 14.9 Å². The van der Waals surface area contributed by atoms with Crippen molar-refractivity contribution in [3.63, 3.8) is 0 Å². The van der Waals surface area contributed by atoms with Crippen molar-refractivity contribution in [2.45, 2.75) is 46.0 Å². The van der Waals surface area contributed by atoms with Crippen molar-refractivity contribution in [2.75, 3.05) is 26.7 Å². The minimum absolute atomic E-state index is 0.949. The molecule has 24 heavy (non-hydrogen) atoms. The molecule has 130 valence electrons. The molecule has 1 aromatic carbocycles.